The summed E-state index contributed by atoms with van der Waals surface area (Å²) in [5.41, 5.74) is 3.57. The van der Waals surface area contributed by atoms with E-state index in [9.17, 15) is 4.79 Å². The van der Waals surface area contributed by atoms with Gasteiger partial charge in [0.05, 0.1) is 11.4 Å². The second-order valence-corrected chi connectivity index (χ2v) is 5.71. The van der Waals surface area contributed by atoms with E-state index in [1.54, 1.807) is 11.8 Å². The first kappa shape index (κ1) is 15.1. The Hall–Kier alpha value is -2.82. The average Bonchev–Trinajstić information content (AvgIpc) is 2.84. The van der Waals surface area contributed by atoms with Crippen molar-refractivity contribution in [3.63, 3.8) is 0 Å². The molecule has 0 fully saturated rings. The van der Waals surface area contributed by atoms with Crippen molar-refractivity contribution in [2.24, 2.45) is 0 Å². The lowest BCUT2D eigenvalue weighted by Crippen LogP contribution is -2.25. The highest BCUT2D eigenvalue weighted by Gasteiger charge is 2.21. The molecular weight excluding hydrogens is 288 g/mol. The number of carbonyl (C=O) groups is 1. The molecule has 0 saturated heterocycles. The van der Waals surface area contributed by atoms with Crippen LogP contribution in [0.15, 0.2) is 48.7 Å². The topological polar surface area (TPSA) is 40.9 Å². The quantitative estimate of drug-likeness (QED) is 0.744. The van der Waals surface area contributed by atoms with Gasteiger partial charge in [-0.15, -0.1) is 0 Å². The standard InChI is InChI=1S/C18H20N4O/c1-13-18(21-12-6-5-7-17(21)19-13)22(14(2)23)16-10-8-15(9-11-16)20(3)4/h5-12H,1-4H3. The molecule has 0 bridgehead atoms. The van der Waals surface area contributed by atoms with Gasteiger partial charge in [-0.3, -0.25) is 14.1 Å². The van der Waals surface area contributed by atoms with Gasteiger partial charge in [-0.25, -0.2) is 4.98 Å². The molecule has 23 heavy (non-hydrogen) atoms. The Morgan fingerprint density at radius 2 is 1.70 bits per heavy atom. The third-order valence-corrected chi connectivity index (χ3v) is 3.82. The van der Waals surface area contributed by atoms with E-state index in [1.807, 2.05) is 79.0 Å². The van der Waals surface area contributed by atoms with E-state index in [0.717, 1.165) is 28.5 Å². The Morgan fingerprint density at radius 3 is 2.30 bits per heavy atom. The van der Waals surface area contributed by atoms with Crippen molar-refractivity contribution in [3.8, 4) is 0 Å². The zero-order valence-electron chi connectivity index (χ0n) is 13.8. The number of pyridine rings is 1. The molecule has 0 N–H and O–H groups in total. The minimum atomic E-state index is -0.0450. The van der Waals surface area contributed by atoms with Crippen LogP contribution in [-0.2, 0) is 4.79 Å². The number of fused-ring (bicyclic) bond motifs is 1. The van der Waals surface area contributed by atoms with Gasteiger partial charge in [-0.05, 0) is 43.3 Å². The zero-order chi connectivity index (χ0) is 16.6. The second kappa shape index (κ2) is 5.76. The lowest BCUT2D eigenvalue weighted by molar-refractivity contribution is -0.115. The fourth-order valence-corrected chi connectivity index (χ4v) is 2.72. The molecule has 0 saturated carbocycles. The van der Waals surface area contributed by atoms with Crippen molar-refractivity contribution in [3.05, 3.63) is 54.4 Å². The van der Waals surface area contributed by atoms with Crippen molar-refractivity contribution < 1.29 is 4.79 Å². The Balaban J connectivity index is 2.15. The highest BCUT2D eigenvalue weighted by molar-refractivity contribution is 5.99. The van der Waals surface area contributed by atoms with Crippen molar-refractivity contribution in [1.29, 1.82) is 0 Å². The van der Waals surface area contributed by atoms with E-state index in [4.69, 9.17) is 0 Å². The maximum Gasteiger partial charge on any atom is 0.229 e. The van der Waals surface area contributed by atoms with Gasteiger partial charge in [-0.2, -0.15) is 0 Å². The van der Waals surface area contributed by atoms with Crippen molar-refractivity contribution >= 4 is 28.7 Å². The van der Waals surface area contributed by atoms with Crippen LogP contribution in [0.2, 0.25) is 0 Å². The first-order valence-corrected chi connectivity index (χ1v) is 7.51. The molecule has 1 amide bonds. The summed E-state index contributed by atoms with van der Waals surface area (Å²) in [7, 11) is 3.98. The van der Waals surface area contributed by atoms with Crippen LogP contribution in [0.5, 0.6) is 0 Å². The molecule has 0 radical (unpaired) electrons. The van der Waals surface area contributed by atoms with Crippen molar-refractivity contribution in [1.82, 2.24) is 9.38 Å². The summed E-state index contributed by atoms with van der Waals surface area (Å²) in [6, 6.07) is 13.7. The van der Waals surface area contributed by atoms with E-state index in [-0.39, 0.29) is 5.91 Å². The van der Waals surface area contributed by atoms with E-state index in [2.05, 4.69) is 4.98 Å². The molecule has 3 aromatic rings. The molecule has 5 heteroatoms. The lowest BCUT2D eigenvalue weighted by atomic mass is 10.2. The number of benzene rings is 1. The number of aromatic nitrogens is 2. The maximum absolute atomic E-state index is 12.3. The molecule has 2 aromatic heterocycles. The number of hydrogen-bond donors (Lipinski definition) is 0. The number of imidazole rings is 1. The zero-order valence-corrected chi connectivity index (χ0v) is 13.8. The van der Waals surface area contributed by atoms with Crippen LogP contribution in [0, 0.1) is 6.92 Å². The third kappa shape index (κ3) is 2.65. The van der Waals surface area contributed by atoms with Crippen LogP contribution in [0.25, 0.3) is 5.65 Å². The summed E-state index contributed by atoms with van der Waals surface area (Å²) < 4.78 is 1.94. The molecular formula is C18H20N4O. The van der Waals surface area contributed by atoms with Gasteiger partial charge in [0.2, 0.25) is 5.91 Å². The fourth-order valence-electron chi connectivity index (χ4n) is 2.72. The van der Waals surface area contributed by atoms with E-state index < -0.39 is 0 Å². The van der Waals surface area contributed by atoms with Crippen molar-refractivity contribution in [2.45, 2.75) is 13.8 Å². The average molecular weight is 308 g/mol. The third-order valence-electron chi connectivity index (χ3n) is 3.82. The molecule has 0 aliphatic carbocycles. The summed E-state index contributed by atoms with van der Waals surface area (Å²) in [6.07, 6.45) is 1.93. The summed E-state index contributed by atoms with van der Waals surface area (Å²) in [4.78, 5) is 20.6. The summed E-state index contributed by atoms with van der Waals surface area (Å²) in [6.45, 7) is 3.49. The highest BCUT2D eigenvalue weighted by atomic mass is 16.2. The molecule has 5 nitrogen and oxygen atoms in total. The first-order valence-electron chi connectivity index (χ1n) is 7.51. The highest BCUT2D eigenvalue weighted by Crippen LogP contribution is 2.30. The van der Waals surface area contributed by atoms with E-state index >= 15 is 0 Å². The lowest BCUT2D eigenvalue weighted by Gasteiger charge is -2.22. The predicted octanol–water partition coefficient (Wildman–Crippen LogP) is 3.39. The Kier molecular flexibility index (Phi) is 3.78. The second-order valence-electron chi connectivity index (χ2n) is 5.71. The molecule has 0 aliphatic heterocycles. The van der Waals surface area contributed by atoms with Crippen LogP contribution >= 0.6 is 0 Å². The molecule has 1 aromatic carbocycles. The number of anilines is 3. The van der Waals surface area contributed by atoms with Gasteiger partial charge in [0.15, 0.2) is 0 Å². The maximum atomic E-state index is 12.3. The molecule has 2 heterocycles. The Labute approximate surface area is 135 Å². The van der Waals surface area contributed by atoms with E-state index in [0.29, 0.717) is 0 Å². The van der Waals surface area contributed by atoms with Gasteiger partial charge >= 0.3 is 0 Å². The number of hydrogen-bond acceptors (Lipinski definition) is 3. The number of amides is 1. The monoisotopic (exact) mass is 308 g/mol. The van der Waals surface area contributed by atoms with Crippen LogP contribution in [-0.4, -0.2) is 29.4 Å². The molecule has 118 valence electrons. The summed E-state index contributed by atoms with van der Waals surface area (Å²) in [5.74, 6) is 0.738. The number of carbonyl (C=O) groups excluding carboxylic acids is 1. The van der Waals surface area contributed by atoms with Crippen molar-refractivity contribution in [2.75, 3.05) is 23.9 Å². The van der Waals surface area contributed by atoms with Gasteiger partial charge in [-0.1, -0.05) is 6.07 Å². The summed E-state index contributed by atoms with van der Waals surface area (Å²) >= 11 is 0. The normalized spacial score (nSPS) is 10.8. The predicted molar refractivity (Wildman–Crippen MR) is 93.5 cm³/mol. The number of nitrogens with zero attached hydrogens (tertiary/aromatic N) is 4. The Morgan fingerprint density at radius 1 is 1.04 bits per heavy atom. The van der Waals surface area contributed by atoms with Crippen LogP contribution in [0.1, 0.15) is 12.6 Å². The molecule has 0 unspecified atom stereocenters. The molecule has 0 spiro atoms. The molecule has 3 rings (SSSR count). The fraction of sp³-hybridized carbons (Fsp3) is 0.222. The minimum absolute atomic E-state index is 0.0450. The van der Waals surface area contributed by atoms with Crippen LogP contribution in [0.4, 0.5) is 17.2 Å². The van der Waals surface area contributed by atoms with Gasteiger partial charge in [0.1, 0.15) is 11.5 Å². The van der Waals surface area contributed by atoms with Gasteiger partial charge < -0.3 is 4.90 Å². The smallest absolute Gasteiger partial charge is 0.229 e. The molecule has 0 atom stereocenters. The largest absolute Gasteiger partial charge is 0.378 e. The first-order chi connectivity index (χ1) is 11.0. The van der Waals surface area contributed by atoms with Crippen LogP contribution < -0.4 is 9.80 Å². The van der Waals surface area contributed by atoms with Gasteiger partial charge in [0.25, 0.3) is 0 Å². The minimum Gasteiger partial charge on any atom is -0.378 e. The van der Waals surface area contributed by atoms with E-state index in [1.165, 1.54) is 0 Å². The summed E-state index contributed by atoms with van der Waals surface area (Å²) in [5, 5.41) is 0. The number of aryl methyl sites for hydroxylation is 1. The number of rotatable bonds is 3. The Bertz CT molecular complexity index is 849. The molecule has 0 aliphatic rings. The van der Waals surface area contributed by atoms with Crippen LogP contribution in [0.3, 0.4) is 0 Å². The SMILES string of the molecule is CC(=O)N(c1ccc(N(C)C)cc1)c1c(C)nc2ccccn12. The van der Waals surface area contributed by atoms with Gasteiger partial charge in [0, 0.05) is 32.9 Å².